The van der Waals surface area contributed by atoms with Crippen molar-refractivity contribution >= 4 is 5.82 Å². The van der Waals surface area contributed by atoms with Crippen molar-refractivity contribution in [1.82, 2.24) is 9.78 Å². The fraction of sp³-hybridized carbons (Fsp3) is 0.286. The Balaban J connectivity index is 2.38. The molecule has 92 valence electrons. The molecule has 0 unspecified atom stereocenters. The number of benzene rings is 1. The van der Waals surface area contributed by atoms with E-state index in [1.165, 1.54) is 5.56 Å². The highest BCUT2D eigenvalue weighted by molar-refractivity contribution is 5.53. The standard InChI is InChI=1S/C14H16N4/c1-3-18-14(16)12(9-15)13(17-18)8-11-6-4-5-10(2)7-11/h4-7H,3,8,16H2,1-2H3. The summed E-state index contributed by atoms with van der Waals surface area (Å²) in [5, 5.41) is 13.6. The van der Waals surface area contributed by atoms with Gasteiger partial charge in [0.1, 0.15) is 17.5 Å². The van der Waals surface area contributed by atoms with Gasteiger partial charge in [-0.15, -0.1) is 0 Å². The van der Waals surface area contributed by atoms with Gasteiger partial charge in [0.2, 0.25) is 0 Å². The minimum atomic E-state index is 0.461. The molecule has 4 nitrogen and oxygen atoms in total. The van der Waals surface area contributed by atoms with Crippen molar-refractivity contribution in [3.05, 3.63) is 46.6 Å². The molecular formula is C14H16N4. The predicted octanol–water partition coefficient (Wildman–Crippen LogP) is 2.26. The Bertz CT molecular complexity index is 605. The van der Waals surface area contributed by atoms with E-state index in [0.717, 1.165) is 11.3 Å². The molecule has 0 aliphatic rings. The van der Waals surface area contributed by atoms with Crippen LogP contribution in [0.3, 0.4) is 0 Å². The Hall–Kier alpha value is -2.28. The van der Waals surface area contributed by atoms with Gasteiger partial charge in [-0.1, -0.05) is 29.8 Å². The Morgan fingerprint density at radius 2 is 2.22 bits per heavy atom. The van der Waals surface area contributed by atoms with Crippen molar-refractivity contribution in [1.29, 1.82) is 5.26 Å². The van der Waals surface area contributed by atoms with Crippen LogP contribution in [-0.4, -0.2) is 9.78 Å². The summed E-state index contributed by atoms with van der Waals surface area (Å²) in [6.07, 6.45) is 0.641. The zero-order valence-corrected chi connectivity index (χ0v) is 10.6. The van der Waals surface area contributed by atoms with Gasteiger partial charge in [0.05, 0.1) is 5.69 Å². The van der Waals surface area contributed by atoms with Crippen LogP contribution < -0.4 is 5.73 Å². The van der Waals surface area contributed by atoms with E-state index in [9.17, 15) is 0 Å². The first-order chi connectivity index (χ1) is 8.65. The van der Waals surface area contributed by atoms with Gasteiger partial charge < -0.3 is 5.73 Å². The van der Waals surface area contributed by atoms with Crippen LogP contribution in [0.15, 0.2) is 24.3 Å². The average Bonchev–Trinajstić information content (AvgIpc) is 2.65. The minimum Gasteiger partial charge on any atom is -0.383 e. The molecule has 4 heteroatoms. The number of nitriles is 1. The van der Waals surface area contributed by atoms with Crippen LogP contribution in [0, 0.1) is 18.3 Å². The molecule has 2 aromatic rings. The van der Waals surface area contributed by atoms with E-state index in [-0.39, 0.29) is 0 Å². The third kappa shape index (κ3) is 2.21. The summed E-state index contributed by atoms with van der Waals surface area (Å²) in [4.78, 5) is 0. The van der Waals surface area contributed by atoms with Crippen molar-refractivity contribution in [2.24, 2.45) is 0 Å². The molecule has 0 spiro atoms. The van der Waals surface area contributed by atoms with Crippen molar-refractivity contribution < 1.29 is 0 Å². The van der Waals surface area contributed by atoms with E-state index in [1.54, 1.807) is 4.68 Å². The largest absolute Gasteiger partial charge is 0.383 e. The number of hydrogen-bond donors (Lipinski definition) is 1. The predicted molar refractivity (Wildman–Crippen MR) is 71.0 cm³/mol. The Morgan fingerprint density at radius 3 is 2.83 bits per heavy atom. The Morgan fingerprint density at radius 1 is 1.44 bits per heavy atom. The second-order valence-electron chi connectivity index (χ2n) is 4.30. The number of aromatic nitrogens is 2. The van der Waals surface area contributed by atoms with E-state index in [4.69, 9.17) is 11.0 Å². The molecule has 0 fully saturated rings. The molecule has 0 aliphatic heterocycles. The first kappa shape index (κ1) is 12.2. The lowest BCUT2D eigenvalue weighted by molar-refractivity contribution is 0.659. The van der Waals surface area contributed by atoms with Crippen molar-refractivity contribution in [2.45, 2.75) is 26.8 Å². The molecule has 0 saturated heterocycles. The third-order valence-corrected chi connectivity index (χ3v) is 2.93. The second-order valence-corrected chi connectivity index (χ2v) is 4.30. The molecule has 18 heavy (non-hydrogen) atoms. The van der Waals surface area contributed by atoms with E-state index in [1.807, 2.05) is 32.0 Å². The van der Waals surface area contributed by atoms with E-state index < -0.39 is 0 Å². The minimum absolute atomic E-state index is 0.461. The molecule has 0 amide bonds. The van der Waals surface area contributed by atoms with Crippen molar-refractivity contribution in [2.75, 3.05) is 5.73 Å². The molecule has 0 saturated carbocycles. The molecule has 0 bridgehead atoms. The molecule has 2 rings (SSSR count). The Kier molecular flexibility index (Phi) is 3.33. The van der Waals surface area contributed by atoms with Gasteiger partial charge >= 0.3 is 0 Å². The van der Waals surface area contributed by atoms with Crippen LogP contribution in [0.5, 0.6) is 0 Å². The van der Waals surface area contributed by atoms with Gasteiger partial charge in [0, 0.05) is 13.0 Å². The summed E-state index contributed by atoms with van der Waals surface area (Å²) in [7, 11) is 0. The highest BCUT2D eigenvalue weighted by atomic mass is 15.3. The Labute approximate surface area is 107 Å². The fourth-order valence-corrected chi connectivity index (χ4v) is 2.03. The van der Waals surface area contributed by atoms with Crippen LogP contribution >= 0.6 is 0 Å². The lowest BCUT2D eigenvalue weighted by Crippen LogP contribution is -2.02. The summed E-state index contributed by atoms with van der Waals surface area (Å²) < 4.78 is 1.67. The number of nitrogens with two attached hydrogens (primary N) is 1. The van der Waals surface area contributed by atoms with E-state index >= 15 is 0 Å². The lowest BCUT2D eigenvalue weighted by Gasteiger charge is -2.00. The van der Waals surface area contributed by atoms with Gasteiger partial charge in [-0.05, 0) is 19.4 Å². The number of nitrogens with zero attached hydrogens (tertiary/aromatic N) is 3. The molecule has 1 heterocycles. The molecule has 2 N–H and O–H groups in total. The monoisotopic (exact) mass is 240 g/mol. The van der Waals surface area contributed by atoms with Crippen molar-refractivity contribution in [3.8, 4) is 6.07 Å². The first-order valence-corrected chi connectivity index (χ1v) is 5.96. The van der Waals surface area contributed by atoms with Gasteiger partial charge in [-0.2, -0.15) is 10.4 Å². The SMILES string of the molecule is CCn1nc(Cc2cccc(C)c2)c(C#N)c1N. The quantitative estimate of drug-likeness (QED) is 0.894. The molecule has 1 aromatic heterocycles. The first-order valence-electron chi connectivity index (χ1n) is 5.96. The summed E-state index contributed by atoms with van der Waals surface area (Å²) in [5.41, 5.74) is 9.49. The zero-order chi connectivity index (χ0) is 13.1. The maximum atomic E-state index is 9.16. The summed E-state index contributed by atoms with van der Waals surface area (Å²) in [6, 6.07) is 10.3. The van der Waals surface area contributed by atoms with Gasteiger partial charge in [0.15, 0.2) is 0 Å². The van der Waals surface area contributed by atoms with Crippen LogP contribution in [0.25, 0.3) is 0 Å². The van der Waals surface area contributed by atoms with Crippen LogP contribution in [0.4, 0.5) is 5.82 Å². The highest BCUT2D eigenvalue weighted by Crippen LogP contribution is 2.19. The smallest absolute Gasteiger partial charge is 0.140 e. The molecule has 0 aliphatic carbocycles. The number of anilines is 1. The molecule has 0 radical (unpaired) electrons. The van der Waals surface area contributed by atoms with Gasteiger partial charge in [0.25, 0.3) is 0 Å². The third-order valence-electron chi connectivity index (χ3n) is 2.93. The number of hydrogen-bond acceptors (Lipinski definition) is 3. The fourth-order valence-electron chi connectivity index (χ4n) is 2.03. The summed E-state index contributed by atoms with van der Waals surface area (Å²) >= 11 is 0. The van der Waals surface area contributed by atoms with Gasteiger partial charge in [-0.25, -0.2) is 4.68 Å². The zero-order valence-electron chi connectivity index (χ0n) is 10.6. The molecule has 1 aromatic carbocycles. The van der Waals surface area contributed by atoms with Crippen LogP contribution in [0.1, 0.15) is 29.3 Å². The van der Waals surface area contributed by atoms with E-state index in [2.05, 4.69) is 17.2 Å². The summed E-state index contributed by atoms with van der Waals surface area (Å²) in [5.74, 6) is 0.461. The highest BCUT2D eigenvalue weighted by Gasteiger charge is 2.14. The molecule has 0 atom stereocenters. The molecular weight excluding hydrogens is 224 g/mol. The van der Waals surface area contributed by atoms with E-state index in [0.29, 0.717) is 24.3 Å². The number of aryl methyl sites for hydroxylation is 2. The normalized spacial score (nSPS) is 10.3. The summed E-state index contributed by atoms with van der Waals surface area (Å²) in [6.45, 7) is 4.68. The van der Waals surface area contributed by atoms with Crippen LogP contribution in [0.2, 0.25) is 0 Å². The van der Waals surface area contributed by atoms with Crippen molar-refractivity contribution in [3.63, 3.8) is 0 Å². The maximum Gasteiger partial charge on any atom is 0.140 e. The van der Waals surface area contributed by atoms with Gasteiger partial charge in [-0.3, -0.25) is 0 Å². The average molecular weight is 240 g/mol. The maximum absolute atomic E-state index is 9.16. The lowest BCUT2D eigenvalue weighted by atomic mass is 10.1. The topological polar surface area (TPSA) is 67.6 Å². The number of rotatable bonds is 3. The second kappa shape index (κ2) is 4.92. The number of nitrogen functional groups attached to an aromatic ring is 1. The van der Waals surface area contributed by atoms with Crippen LogP contribution in [-0.2, 0) is 13.0 Å².